The van der Waals surface area contributed by atoms with Crippen LogP contribution in [-0.2, 0) is 20.2 Å². The summed E-state index contributed by atoms with van der Waals surface area (Å²) in [4.78, 5) is 13.1. The number of sulfonamides is 1. The van der Waals surface area contributed by atoms with Crippen LogP contribution in [-0.4, -0.2) is 21.1 Å². The fourth-order valence-electron chi connectivity index (χ4n) is 3.84. The predicted octanol–water partition coefficient (Wildman–Crippen LogP) is 3.72. The van der Waals surface area contributed by atoms with Crippen LogP contribution in [0.3, 0.4) is 0 Å². The number of ether oxygens (including phenoxy) is 2. The number of anilines is 1. The van der Waals surface area contributed by atoms with E-state index in [0.29, 0.717) is 22.7 Å². The zero-order chi connectivity index (χ0) is 21.6. The molecule has 5 rings (SSSR count). The van der Waals surface area contributed by atoms with Crippen LogP contribution in [0.25, 0.3) is 11.1 Å². The Morgan fingerprint density at radius 1 is 0.903 bits per heavy atom. The zero-order valence-electron chi connectivity index (χ0n) is 16.4. The van der Waals surface area contributed by atoms with E-state index in [2.05, 4.69) is 5.32 Å². The number of nitrogens with one attached hydrogen (secondary N) is 2. The molecule has 1 heterocycles. The summed E-state index contributed by atoms with van der Waals surface area (Å²) in [5.74, 6) is 1.25. The molecular formula is C23H19N2O5S. The average Bonchev–Trinajstić information content (AvgIpc) is 3.44. The van der Waals surface area contributed by atoms with Crippen molar-refractivity contribution in [2.24, 2.45) is 0 Å². The lowest BCUT2D eigenvalue weighted by atomic mass is 9.94. The Balaban J connectivity index is 1.40. The maximum Gasteiger partial charge on any atom is 0.254 e. The van der Waals surface area contributed by atoms with Gasteiger partial charge in [0.1, 0.15) is 0 Å². The standard InChI is InChI=1S/C23H19N2O5S/c24-31(27,28)19-6-2-4-16(12-19)15-3-1-5-18(11-15)25-22(26)23(9-10-23)17-7-8-20-21(13-17)30-14-29-20/h1-8,11-13,24H,9-10,14H2,(H,25,26). The molecule has 0 unspecified atom stereocenters. The fraction of sp³-hybridized carbons (Fsp3) is 0.174. The van der Waals surface area contributed by atoms with Crippen LogP contribution in [0.5, 0.6) is 11.5 Å². The molecule has 3 aromatic carbocycles. The molecule has 2 aliphatic rings. The van der Waals surface area contributed by atoms with Crippen molar-refractivity contribution in [1.29, 1.82) is 0 Å². The van der Waals surface area contributed by atoms with Gasteiger partial charge < -0.3 is 14.8 Å². The third kappa shape index (κ3) is 3.64. The molecule has 8 heteroatoms. The van der Waals surface area contributed by atoms with Crippen molar-refractivity contribution in [2.45, 2.75) is 23.2 Å². The highest BCUT2D eigenvalue weighted by atomic mass is 32.2. The molecule has 1 radical (unpaired) electrons. The van der Waals surface area contributed by atoms with Gasteiger partial charge in [-0.05, 0) is 65.9 Å². The van der Waals surface area contributed by atoms with E-state index in [-0.39, 0.29) is 17.6 Å². The van der Waals surface area contributed by atoms with E-state index < -0.39 is 15.4 Å². The van der Waals surface area contributed by atoms with Gasteiger partial charge in [-0.2, -0.15) is 0 Å². The van der Waals surface area contributed by atoms with Gasteiger partial charge in [-0.15, -0.1) is 5.14 Å². The summed E-state index contributed by atoms with van der Waals surface area (Å²) in [6, 6.07) is 19.0. The van der Waals surface area contributed by atoms with Gasteiger partial charge in [0.15, 0.2) is 11.5 Å². The molecule has 0 atom stereocenters. The van der Waals surface area contributed by atoms with Gasteiger partial charge in [0.2, 0.25) is 12.7 Å². The highest BCUT2D eigenvalue weighted by Crippen LogP contribution is 2.51. The summed E-state index contributed by atoms with van der Waals surface area (Å²) in [5.41, 5.74) is 2.33. The molecule has 7 nitrogen and oxygen atoms in total. The van der Waals surface area contributed by atoms with Crippen molar-refractivity contribution < 1.29 is 22.7 Å². The van der Waals surface area contributed by atoms with Crippen molar-refractivity contribution in [3.63, 3.8) is 0 Å². The fourth-order valence-corrected chi connectivity index (χ4v) is 4.38. The van der Waals surface area contributed by atoms with Gasteiger partial charge in [0, 0.05) is 5.69 Å². The molecule has 1 aliphatic carbocycles. The molecule has 0 aromatic heterocycles. The van der Waals surface area contributed by atoms with E-state index >= 15 is 0 Å². The Kier molecular flexibility index (Phi) is 4.49. The molecule has 1 fully saturated rings. The summed E-state index contributed by atoms with van der Waals surface area (Å²) in [6.45, 7) is 0.188. The Morgan fingerprint density at radius 2 is 1.61 bits per heavy atom. The second-order valence-electron chi connectivity index (χ2n) is 7.72. The van der Waals surface area contributed by atoms with Gasteiger partial charge in [0.05, 0.1) is 10.3 Å². The van der Waals surface area contributed by atoms with Crippen LogP contribution in [0, 0.1) is 0 Å². The molecule has 1 amide bonds. The van der Waals surface area contributed by atoms with Gasteiger partial charge in [0.25, 0.3) is 10.0 Å². The Bertz CT molecular complexity index is 1300. The summed E-state index contributed by atoms with van der Waals surface area (Å²) in [6.07, 6.45) is 1.50. The quantitative estimate of drug-likeness (QED) is 0.657. The predicted molar refractivity (Wildman–Crippen MR) is 114 cm³/mol. The molecule has 0 saturated heterocycles. The first-order chi connectivity index (χ1) is 14.8. The van der Waals surface area contributed by atoms with Crippen LogP contribution in [0.15, 0.2) is 71.6 Å². The van der Waals surface area contributed by atoms with Gasteiger partial charge >= 0.3 is 0 Å². The van der Waals surface area contributed by atoms with E-state index in [1.54, 1.807) is 30.3 Å². The third-order valence-electron chi connectivity index (χ3n) is 5.71. The first-order valence-electron chi connectivity index (χ1n) is 9.77. The van der Waals surface area contributed by atoms with Crippen molar-refractivity contribution >= 4 is 21.6 Å². The van der Waals surface area contributed by atoms with Gasteiger partial charge in [-0.1, -0.05) is 30.3 Å². The van der Waals surface area contributed by atoms with Crippen molar-refractivity contribution in [3.8, 4) is 22.6 Å². The molecule has 0 spiro atoms. The first kappa shape index (κ1) is 19.6. The number of carbonyl (C=O) groups is 1. The lowest BCUT2D eigenvalue weighted by Gasteiger charge is -2.17. The van der Waals surface area contributed by atoms with E-state index in [0.717, 1.165) is 24.0 Å². The number of benzene rings is 3. The molecule has 3 aromatic rings. The van der Waals surface area contributed by atoms with Crippen LogP contribution in [0.2, 0.25) is 0 Å². The normalized spacial score (nSPS) is 16.0. The maximum atomic E-state index is 13.1. The molecule has 0 bridgehead atoms. The smallest absolute Gasteiger partial charge is 0.254 e. The zero-order valence-corrected chi connectivity index (χ0v) is 17.2. The summed E-state index contributed by atoms with van der Waals surface area (Å²) in [5, 5.41) is 10.3. The topological polar surface area (TPSA) is 106 Å². The molecule has 31 heavy (non-hydrogen) atoms. The number of fused-ring (bicyclic) bond motifs is 1. The van der Waals surface area contributed by atoms with E-state index in [9.17, 15) is 13.2 Å². The largest absolute Gasteiger partial charge is 0.454 e. The summed E-state index contributed by atoms with van der Waals surface area (Å²) >= 11 is 0. The molecule has 2 N–H and O–H groups in total. The Labute approximate surface area is 179 Å². The SMILES string of the molecule is [NH]S(=O)(=O)c1cccc(-c2cccc(NC(=O)C3(c4ccc5c(c4)OCO5)CC3)c2)c1. The number of hydrogen-bond acceptors (Lipinski definition) is 5. The minimum Gasteiger partial charge on any atom is -0.454 e. The second kappa shape index (κ2) is 7.11. The number of carbonyl (C=O) groups excluding carboxylic acids is 1. The van der Waals surface area contributed by atoms with Crippen LogP contribution < -0.4 is 19.9 Å². The Hall–Kier alpha value is -3.36. The number of rotatable bonds is 5. The highest BCUT2D eigenvalue weighted by molar-refractivity contribution is 7.88. The monoisotopic (exact) mass is 435 g/mol. The number of hydrogen-bond donors (Lipinski definition) is 1. The van der Waals surface area contributed by atoms with Crippen LogP contribution >= 0.6 is 0 Å². The molecule has 157 valence electrons. The highest BCUT2D eigenvalue weighted by Gasteiger charge is 2.51. The summed E-state index contributed by atoms with van der Waals surface area (Å²) in [7, 11) is -4.05. The molecule has 1 saturated carbocycles. The van der Waals surface area contributed by atoms with Crippen molar-refractivity contribution in [2.75, 3.05) is 12.1 Å². The molecule has 1 aliphatic heterocycles. The second-order valence-corrected chi connectivity index (χ2v) is 9.19. The van der Waals surface area contributed by atoms with E-state index in [1.165, 1.54) is 12.1 Å². The average molecular weight is 435 g/mol. The van der Waals surface area contributed by atoms with Gasteiger partial charge in [-0.3, -0.25) is 4.79 Å². The van der Waals surface area contributed by atoms with Crippen LogP contribution in [0.4, 0.5) is 5.69 Å². The molecular weight excluding hydrogens is 416 g/mol. The minimum absolute atomic E-state index is 0.0702. The van der Waals surface area contributed by atoms with Crippen molar-refractivity contribution in [3.05, 3.63) is 72.3 Å². The lowest BCUT2D eigenvalue weighted by Crippen LogP contribution is -2.27. The van der Waals surface area contributed by atoms with Crippen LogP contribution in [0.1, 0.15) is 18.4 Å². The summed E-state index contributed by atoms with van der Waals surface area (Å²) < 4.78 is 33.9. The third-order valence-corrected chi connectivity index (χ3v) is 6.58. The Morgan fingerprint density at radius 3 is 2.35 bits per heavy atom. The maximum absolute atomic E-state index is 13.1. The first-order valence-corrected chi connectivity index (χ1v) is 11.3. The number of amides is 1. The minimum atomic E-state index is -4.05. The van der Waals surface area contributed by atoms with E-state index in [4.69, 9.17) is 14.6 Å². The van der Waals surface area contributed by atoms with Gasteiger partial charge in [-0.25, -0.2) is 8.42 Å². The lowest BCUT2D eigenvalue weighted by molar-refractivity contribution is -0.118. The van der Waals surface area contributed by atoms with E-state index in [1.807, 2.05) is 24.3 Å². The van der Waals surface area contributed by atoms with Crippen molar-refractivity contribution in [1.82, 2.24) is 5.14 Å².